The van der Waals surface area contributed by atoms with E-state index in [1.807, 2.05) is 19.4 Å². The zero-order valence-electron chi connectivity index (χ0n) is 8.94. The maximum absolute atomic E-state index is 5.96. The predicted molar refractivity (Wildman–Crippen MR) is 55.9 cm³/mol. The maximum Gasteiger partial charge on any atom is 0.0537 e. The SMILES string of the molecule is CCCOCCC(N)c1cnn(C)c1. The third-order valence-electron chi connectivity index (χ3n) is 2.07. The largest absolute Gasteiger partial charge is 0.381 e. The smallest absolute Gasteiger partial charge is 0.0537 e. The number of ether oxygens (including phenoxy) is 1. The summed E-state index contributed by atoms with van der Waals surface area (Å²) >= 11 is 0. The molecule has 0 aliphatic carbocycles. The number of aromatic nitrogens is 2. The molecule has 0 radical (unpaired) electrons. The van der Waals surface area contributed by atoms with Gasteiger partial charge in [0.15, 0.2) is 0 Å². The van der Waals surface area contributed by atoms with Crippen LogP contribution in [-0.4, -0.2) is 23.0 Å². The van der Waals surface area contributed by atoms with Crippen LogP contribution in [0.3, 0.4) is 0 Å². The van der Waals surface area contributed by atoms with Crippen LogP contribution in [0, 0.1) is 0 Å². The molecule has 0 amide bonds. The van der Waals surface area contributed by atoms with Gasteiger partial charge in [0.2, 0.25) is 0 Å². The molecule has 0 fully saturated rings. The van der Waals surface area contributed by atoms with Crippen LogP contribution in [0.25, 0.3) is 0 Å². The molecule has 14 heavy (non-hydrogen) atoms. The van der Waals surface area contributed by atoms with Crippen LogP contribution in [-0.2, 0) is 11.8 Å². The molecule has 0 bridgehead atoms. The van der Waals surface area contributed by atoms with Crippen LogP contribution >= 0.6 is 0 Å². The lowest BCUT2D eigenvalue weighted by molar-refractivity contribution is 0.128. The van der Waals surface area contributed by atoms with Gasteiger partial charge in [0.25, 0.3) is 0 Å². The molecule has 80 valence electrons. The van der Waals surface area contributed by atoms with E-state index >= 15 is 0 Å². The van der Waals surface area contributed by atoms with Crippen molar-refractivity contribution in [3.05, 3.63) is 18.0 Å². The third-order valence-corrected chi connectivity index (χ3v) is 2.07. The Labute approximate surface area is 85.0 Å². The van der Waals surface area contributed by atoms with Gasteiger partial charge in [0.1, 0.15) is 0 Å². The standard InChI is InChI=1S/C10H19N3O/c1-3-5-14-6-4-10(11)9-7-12-13(2)8-9/h7-8,10H,3-6,11H2,1-2H3. The van der Waals surface area contributed by atoms with Crippen molar-refractivity contribution in [2.75, 3.05) is 13.2 Å². The second-order valence-corrected chi connectivity index (χ2v) is 3.45. The highest BCUT2D eigenvalue weighted by Gasteiger charge is 2.07. The zero-order valence-corrected chi connectivity index (χ0v) is 8.94. The van der Waals surface area contributed by atoms with Crippen molar-refractivity contribution >= 4 is 0 Å². The van der Waals surface area contributed by atoms with Crippen molar-refractivity contribution in [2.45, 2.75) is 25.8 Å². The highest BCUT2D eigenvalue weighted by molar-refractivity contribution is 5.08. The first-order chi connectivity index (χ1) is 6.74. The number of rotatable bonds is 6. The van der Waals surface area contributed by atoms with Crippen LogP contribution < -0.4 is 5.73 Å². The molecule has 0 aliphatic rings. The van der Waals surface area contributed by atoms with Crippen molar-refractivity contribution in [2.24, 2.45) is 12.8 Å². The Hall–Kier alpha value is -0.870. The molecular formula is C10H19N3O. The summed E-state index contributed by atoms with van der Waals surface area (Å²) in [6, 6.07) is 0.0422. The fourth-order valence-corrected chi connectivity index (χ4v) is 1.25. The van der Waals surface area contributed by atoms with Crippen molar-refractivity contribution in [1.82, 2.24) is 9.78 Å². The van der Waals surface area contributed by atoms with Gasteiger partial charge in [-0.2, -0.15) is 5.10 Å². The highest BCUT2D eigenvalue weighted by atomic mass is 16.5. The quantitative estimate of drug-likeness (QED) is 0.698. The van der Waals surface area contributed by atoms with Crippen molar-refractivity contribution in [3.63, 3.8) is 0 Å². The Bertz CT molecular complexity index is 260. The summed E-state index contributed by atoms with van der Waals surface area (Å²) in [5.41, 5.74) is 7.03. The molecule has 1 aromatic heterocycles. The van der Waals surface area contributed by atoms with Crippen molar-refractivity contribution in [3.8, 4) is 0 Å². The number of hydrogen-bond acceptors (Lipinski definition) is 3. The van der Waals surface area contributed by atoms with E-state index in [-0.39, 0.29) is 6.04 Å². The van der Waals surface area contributed by atoms with Crippen molar-refractivity contribution < 1.29 is 4.74 Å². The minimum absolute atomic E-state index is 0.0422. The topological polar surface area (TPSA) is 53.1 Å². The highest BCUT2D eigenvalue weighted by Crippen LogP contribution is 2.12. The maximum atomic E-state index is 5.96. The average Bonchev–Trinajstić information content (AvgIpc) is 2.59. The minimum Gasteiger partial charge on any atom is -0.381 e. The molecule has 1 heterocycles. The Kier molecular flexibility index (Phi) is 4.62. The molecule has 0 aromatic carbocycles. The van der Waals surface area contributed by atoms with Gasteiger partial charge in [-0.15, -0.1) is 0 Å². The second kappa shape index (κ2) is 5.78. The van der Waals surface area contributed by atoms with Gasteiger partial charge >= 0.3 is 0 Å². The van der Waals surface area contributed by atoms with E-state index in [2.05, 4.69) is 12.0 Å². The van der Waals surface area contributed by atoms with Gasteiger partial charge < -0.3 is 10.5 Å². The van der Waals surface area contributed by atoms with E-state index in [1.165, 1.54) is 0 Å². The van der Waals surface area contributed by atoms with Gasteiger partial charge in [-0.1, -0.05) is 6.92 Å². The summed E-state index contributed by atoms with van der Waals surface area (Å²) in [6.45, 7) is 3.64. The molecule has 0 aliphatic heterocycles. The first-order valence-corrected chi connectivity index (χ1v) is 5.06. The molecule has 1 atom stereocenters. The molecule has 4 nitrogen and oxygen atoms in total. The monoisotopic (exact) mass is 197 g/mol. The fourth-order valence-electron chi connectivity index (χ4n) is 1.25. The molecular weight excluding hydrogens is 178 g/mol. The molecule has 2 N–H and O–H groups in total. The summed E-state index contributed by atoms with van der Waals surface area (Å²) < 4.78 is 7.14. The van der Waals surface area contributed by atoms with E-state index < -0.39 is 0 Å². The lowest BCUT2D eigenvalue weighted by Gasteiger charge is -2.08. The van der Waals surface area contributed by atoms with Crippen LogP contribution in [0.2, 0.25) is 0 Å². The molecule has 0 saturated heterocycles. The summed E-state index contributed by atoms with van der Waals surface area (Å²) in [5, 5.41) is 4.08. The second-order valence-electron chi connectivity index (χ2n) is 3.45. The molecule has 1 aromatic rings. The van der Waals surface area contributed by atoms with Crippen LogP contribution in [0.4, 0.5) is 0 Å². The number of nitrogens with two attached hydrogens (primary N) is 1. The molecule has 0 spiro atoms. The number of aryl methyl sites for hydroxylation is 1. The van der Waals surface area contributed by atoms with Crippen LogP contribution in [0.1, 0.15) is 31.4 Å². The summed E-state index contributed by atoms with van der Waals surface area (Å²) in [4.78, 5) is 0. The Balaban J connectivity index is 2.25. The van der Waals surface area contributed by atoms with Gasteiger partial charge in [-0.25, -0.2) is 0 Å². The van der Waals surface area contributed by atoms with Gasteiger partial charge in [-0.05, 0) is 12.8 Å². The average molecular weight is 197 g/mol. The van der Waals surface area contributed by atoms with E-state index in [0.29, 0.717) is 0 Å². The summed E-state index contributed by atoms with van der Waals surface area (Å²) in [6.07, 6.45) is 5.67. The van der Waals surface area contributed by atoms with Crippen LogP contribution in [0.15, 0.2) is 12.4 Å². The Morgan fingerprint density at radius 3 is 2.93 bits per heavy atom. The number of nitrogens with zero attached hydrogens (tertiary/aromatic N) is 2. The first-order valence-electron chi connectivity index (χ1n) is 5.06. The predicted octanol–water partition coefficient (Wildman–Crippen LogP) is 1.24. The minimum atomic E-state index is 0.0422. The first kappa shape index (κ1) is 11.2. The lowest BCUT2D eigenvalue weighted by atomic mass is 10.1. The Morgan fingerprint density at radius 2 is 2.36 bits per heavy atom. The van der Waals surface area contributed by atoms with Gasteiger partial charge in [0.05, 0.1) is 6.20 Å². The molecule has 4 heteroatoms. The third kappa shape index (κ3) is 3.47. The number of hydrogen-bond donors (Lipinski definition) is 1. The van der Waals surface area contributed by atoms with Gasteiger partial charge in [-0.3, -0.25) is 4.68 Å². The lowest BCUT2D eigenvalue weighted by Crippen LogP contribution is -2.12. The fraction of sp³-hybridized carbons (Fsp3) is 0.700. The van der Waals surface area contributed by atoms with E-state index in [9.17, 15) is 0 Å². The van der Waals surface area contributed by atoms with Gasteiger partial charge in [0, 0.05) is 38.1 Å². The Morgan fingerprint density at radius 1 is 1.57 bits per heavy atom. The van der Waals surface area contributed by atoms with Crippen molar-refractivity contribution in [1.29, 1.82) is 0 Å². The van der Waals surface area contributed by atoms with E-state index in [0.717, 1.165) is 31.6 Å². The molecule has 1 rings (SSSR count). The summed E-state index contributed by atoms with van der Waals surface area (Å²) in [7, 11) is 1.89. The molecule has 0 saturated carbocycles. The van der Waals surface area contributed by atoms with E-state index in [4.69, 9.17) is 10.5 Å². The van der Waals surface area contributed by atoms with E-state index in [1.54, 1.807) is 4.68 Å². The molecule has 1 unspecified atom stereocenters. The summed E-state index contributed by atoms with van der Waals surface area (Å²) in [5.74, 6) is 0. The van der Waals surface area contributed by atoms with Crippen LogP contribution in [0.5, 0.6) is 0 Å². The normalized spacial score (nSPS) is 13.1. The zero-order chi connectivity index (χ0) is 10.4.